The van der Waals surface area contributed by atoms with Gasteiger partial charge in [-0.05, 0) is 29.8 Å². The van der Waals surface area contributed by atoms with E-state index in [4.69, 9.17) is 11.6 Å². The fourth-order valence-electron chi connectivity index (χ4n) is 2.10. The number of methoxy groups -OCH3 is 1. The van der Waals surface area contributed by atoms with Crippen molar-refractivity contribution < 1.29 is 23.1 Å². The van der Waals surface area contributed by atoms with Gasteiger partial charge >= 0.3 is 5.97 Å². The molecule has 0 aliphatic carbocycles. The Balaban J connectivity index is 2.17. The SMILES string of the molecule is COC(=O)[C@H](Cc1ccc(Cl)cc1)NC(=O)c1ccc(F)cc1F. The van der Waals surface area contributed by atoms with Crippen molar-refractivity contribution in [3.05, 3.63) is 70.2 Å². The van der Waals surface area contributed by atoms with E-state index in [2.05, 4.69) is 10.1 Å². The number of ether oxygens (including phenoxy) is 1. The first-order valence-corrected chi connectivity index (χ1v) is 7.36. The molecule has 0 fully saturated rings. The quantitative estimate of drug-likeness (QED) is 0.840. The Morgan fingerprint density at radius 1 is 1.17 bits per heavy atom. The molecule has 0 aromatic heterocycles. The van der Waals surface area contributed by atoms with Crippen LogP contribution < -0.4 is 5.32 Å². The molecule has 2 aromatic carbocycles. The van der Waals surface area contributed by atoms with Crippen LogP contribution in [0.15, 0.2) is 42.5 Å². The Hall–Kier alpha value is -2.47. The third kappa shape index (κ3) is 4.52. The number of halogens is 3. The first-order valence-electron chi connectivity index (χ1n) is 6.99. The van der Waals surface area contributed by atoms with Gasteiger partial charge in [0.1, 0.15) is 17.7 Å². The number of carbonyl (C=O) groups excluding carboxylic acids is 2. The predicted molar refractivity (Wildman–Crippen MR) is 84.8 cm³/mol. The summed E-state index contributed by atoms with van der Waals surface area (Å²) in [7, 11) is 1.18. The molecular weight excluding hydrogens is 340 g/mol. The molecule has 0 saturated carbocycles. The highest BCUT2D eigenvalue weighted by molar-refractivity contribution is 6.30. The summed E-state index contributed by atoms with van der Waals surface area (Å²) < 4.78 is 31.3. The summed E-state index contributed by atoms with van der Waals surface area (Å²) in [5.74, 6) is -3.32. The van der Waals surface area contributed by atoms with Crippen LogP contribution in [-0.2, 0) is 16.0 Å². The zero-order chi connectivity index (χ0) is 17.7. The van der Waals surface area contributed by atoms with Gasteiger partial charge in [0.2, 0.25) is 0 Å². The van der Waals surface area contributed by atoms with E-state index in [1.54, 1.807) is 24.3 Å². The lowest BCUT2D eigenvalue weighted by Gasteiger charge is -2.17. The number of rotatable bonds is 5. The Kier molecular flexibility index (Phi) is 5.87. The summed E-state index contributed by atoms with van der Waals surface area (Å²) in [4.78, 5) is 24.0. The maximum atomic E-state index is 13.7. The van der Waals surface area contributed by atoms with Gasteiger partial charge in [-0.1, -0.05) is 23.7 Å². The molecule has 1 N–H and O–H groups in total. The topological polar surface area (TPSA) is 55.4 Å². The summed E-state index contributed by atoms with van der Waals surface area (Å²) >= 11 is 5.80. The van der Waals surface area contributed by atoms with Gasteiger partial charge in [0, 0.05) is 17.5 Å². The molecule has 2 rings (SSSR count). The second kappa shape index (κ2) is 7.88. The van der Waals surface area contributed by atoms with Crippen molar-refractivity contribution in [1.29, 1.82) is 0 Å². The average molecular weight is 354 g/mol. The van der Waals surface area contributed by atoms with Gasteiger partial charge in [-0.3, -0.25) is 4.79 Å². The molecule has 0 unspecified atom stereocenters. The molecule has 0 bridgehead atoms. The maximum absolute atomic E-state index is 13.7. The molecule has 2 aromatic rings. The smallest absolute Gasteiger partial charge is 0.328 e. The van der Waals surface area contributed by atoms with E-state index < -0.39 is 29.6 Å². The zero-order valence-corrected chi connectivity index (χ0v) is 13.4. The van der Waals surface area contributed by atoms with Crippen molar-refractivity contribution in [2.45, 2.75) is 12.5 Å². The number of carbonyl (C=O) groups is 2. The van der Waals surface area contributed by atoms with Crippen LogP contribution in [0.5, 0.6) is 0 Å². The predicted octanol–water partition coefficient (Wildman–Crippen LogP) is 3.13. The van der Waals surface area contributed by atoms with E-state index in [1.807, 2.05) is 0 Å². The van der Waals surface area contributed by atoms with Crippen LogP contribution in [0.4, 0.5) is 8.78 Å². The van der Waals surface area contributed by atoms with Crippen LogP contribution in [0.2, 0.25) is 5.02 Å². The van der Waals surface area contributed by atoms with Crippen LogP contribution in [0.3, 0.4) is 0 Å². The van der Waals surface area contributed by atoms with E-state index in [0.29, 0.717) is 11.1 Å². The minimum atomic E-state index is -1.02. The van der Waals surface area contributed by atoms with Crippen LogP contribution in [-0.4, -0.2) is 25.0 Å². The standard InChI is InChI=1S/C17H14ClF2NO3/c1-24-17(23)15(8-10-2-4-11(18)5-3-10)21-16(22)13-7-6-12(19)9-14(13)20/h2-7,9,15H,8H2,1H3,(H,21,22)/t15-/m0/s1. The molecule has 0 radical (unpaired) electrons. The summed E-state index contributed by atoms with van der Waals surface area (Å²) in [6, 6.07) is 8.24. The van der Waals surface area contributed by atoms with Gasteiger partial charge in [0.15, 0.2) is 0 Å². The molecule has 1 atom stereocenters. The first-order chi connectivity index (χ1) is 11.4. The number of esters is 1. The van der Waals surface area contributed by atoms with Gasteiger partial charge in [-0.25, -0.2) is 13.6 Å². The Morgan fingerprint density at radius 3 is 2.42 bits per heavy atom. The average Bonchev–Trinajstić information content (AvgIpc) is 2.55. The van der Waals surface area contributed by atoms with Gasteiger partial charge in [-0.15, -0.1) is 0 Å². The molecule has 4 nitrogen and oxygen atoms in total. The molecule has 0 saturated heterocycles. The van der Waals surface area contributed by atoms with Crippen LogP contribution >= 0.6 is 11.6 Å². The van der Waals surface area contributed by atoms with Crippen molar-refractivity contribution in [3.8, 4) is 0 Å². The number of nitrogens with one attached hydrogen (secondary N) is 1. The summed E-state index contributed by atoms with van der Waals surface area (Å²) in [5.41, 5.74) is 0.371. The lowest BCUT2D eigenvalue weighted by molar-refractivity contribution is -0.142. The third-order valence-corrected chi connectivity index (χ3v) is 3.57. The largest absolute Gasteiger partial charge is 0.467 e. The van der Waals surface area contributed by atoms with Crippen LogP contribution in [0.25, 0.3) is 0 Å². The van der Waals surface area contributed by atoms with Crippen molar-refractivity contribution in [3.63, 3.8) is 0 Å². The molecule has 24 heavy (non-hydrogen) atoms. The second-order valence-electron chi connectivity index (χ2n) is 5.00. The van der Waals surface area contributed by atoms with E-state index in [0.717, 1.165) is 17.7 Å². The zero-order valence-electron chi connectivity index (χ0n) is 12.7. The normalized spacial score (nSPS) is 11.7. The lowest BCUT2D eigenvalue weighted by atomic mass is 10.1. The molecule has 0 aliphatic heterocycles. The Labute approximate surface area is 142 Å². The highest BCUT2D eigenvalue weighted by Crippen LogP contribution is 2.13. The monoisotopic (exact) mass is 353 g/mol. The Bertz CT molecular complexity index is 750. The summed E-state index contributed by atoms with van der Waals surface area (Å²) in [5, 5.41) is 2.93. The van der Waals surface area contributed by atoms with Crippen molar-refractivity contribution >= 4 is 23.5 Å². The molecule has 7 heteroatoms. The maximum Gasteiger partial charge on any atom is 0.328 e. The molecule has 0 spiro atoms. The fraction of sp³-hybridized carbons (Fsp3) is 0.176. The lowest BCUT2D eigenvalue weighted by Crippen LogP contribution is -2.43. The highest BCUT2D eigenvalue weighted by atomic mass is 35.5. The fourth-order valence-corrected chi connectivity index (χ4v) is 2.23. The third-order valence-electron chi connectivity index (χ3n) is 3.32. The molecule has 1 amide bonds. The van der Waals surface area contributed by atoms with Crippen molar-refractivity contribution in [1.82, 2.24) is 5.32 Å². The molecule has 0 aliphatic rings. The summed E-state index contributed by atoms with van der Waals surface area (Å²) in [6.45, 7) is 0. The van der Waals surface area contributed by atoms with Gasteiger partial charge in [0.05, 0.1) is 12.7 Å². The number of amides is 1. The minimum Gasteiger partial charge on any atom is -0.467 e. The van der Waals surface area contributed by atoms with Crippen LogP contribution in [0, 0.1) is 11.6 Å². The van der Waals surface area contributed by atoms with Gasteiger partial charge in [-0.2, -0.15) is 0 Å². The van der Waals surface area contributed by atoms with E-state index in [1.165, 1.54) is 7.11 Å². The Morgan fingerprint density at radius 2 is 1.83 bits per heavy atom. The number of hydrogen-bond donors (Lipinski definition) is 1. The van der Waals surface area contributed by atoms with E-state index in [-0.39, 0.29) is 12.0 Å². The molecular formula is C17H14ClF2NO3. The van der Waals surface area contributed by atoms with E-state index in [9.17, 15) is 18.4 Å². The van der Waals surface area contributed by atoms with E-state index >= 15 is 0 Å². The number of benzene rings is 2. The summed E-state index contributed by atoms with van der Waals surface area (Å²) in [6.07, 6.45) is 0.137. The second-order valence-corrected chi connectivity index (χ2v) is 5.44. The minimum absolute atomic E-state index is 0.137. The molecule has 0 heterocycles. The van der Waals surface area contributed by atoms with Crippen LogP contribution in [0.1, 0.15) is 15.9 Å². The number of hydrogen-bond acceptors (Lipinski definition) is 3. The van der Waals surface area contributed by atoms with Gasteiger partial charge < -0.3 is 10.1 Å². The first kappa shape index (κ1) is 17.9. The highest BCUT2D eigenvalue weighted by Gasteiger charge is 2.24. The van der Waals surface area contributed by atoms with Gasteiger partial charge in [0.25, 0.3) is 5.91 Å². The van der Waals surface area contributed by atoms with Crippen molar-refractivity contribution in [2.75, 3.05) is 7.11 Å². The molecule has 126 valence electrons. The van der Waals surface area contributed by atoms with Crippen molar-refractivity contribution in [2.24, 2.45) is 0 Å².